The molecule has 2 fully saturated rings. The highest BCUT2D eigenvalue weighted by Crippen LogP contribution is 2.33. The summed E-state index contributed by atoms with van der Waals surface area (Å²) in [7, 11) is -1.34. The maximum Gasteiger partial charge on any atom is 0.240 e. The van der Waals surface area contributed by atoms with Crippen LogP contribution in [-0.2, 0) is 10.0 Å². The van der Waals surface area contributed by atoms with E-state index in [0.29, 0.717) is 16.7 Å². The highest BCUT2D eigenvalue weighted by atomic mass is 32.2. The van der Waals surface area contributed by atoms with Gasteiger partial charge in [-0.15, -0.1) is 0 Å². The number of hydrogen-bond donors (Lipinski definition) is 1. The number of piperidine rings is 1. The molecule has 1 N–H and O–H groups in total. The summed E-state index contributed by atoms with van der Waals surface area (Å²) in [6, 6.07) is 7.63. The molecule has 3 rings (SSSR count). The molecule has 24 heavy (non-hydrogen) atoms. The Balaban J connectivity index is 1.68. The zero-order chi connectivity index (χ0) is 17.2. The standard InChI is InChI=1S/C19H30N2O2S/c1-15-14-21(2)13-12-19(15)20-24(22,23)18-10-8-17(9-11-18)16-6-4-3-5-7-16/h8-11,15-16,19-20H,3-7,12-14H2,1-2H3. The predicted molar refractivity (Wildman–Crippen MR) is 97.7 cm³/mol. The first-order valence-corrected chi connectivity index (χ1v) is 10.7. The molecule has 2 atom stereocenters. The number of nitrogens with one attached hydrogen (secondary N) is 1. The molecule has 1 aromatic carbocycles. The van der Waals surface area contributed by atoms with Crippen molar-refractivity contribution in [3.8, 4) is 0 Å². The summed E-state index contributed by atoms with van der Waals surface area (Å²) in [4.78, 5) is 2.65. The number of rotatable bonds is 4. The molecule has 1 aliphatic heterocycles. The fourth-order valence-electron chi connectivity index (χ4n) is 4.15. The van der Waals surface area contributed by atoms with Crippen LogP contribution in [0.4, 0.5) is 0 Å². The second-order valence-electron chi connectivity index (χ2n) is 7.66. The third kappa shape index (κ3) is 4.19. The minimum Gasteiger partial charge on any atom is -0.306 e. The van der Waals surface area contributed by atoms with Crippen LogP contribution in [0.5, 0.6) is 0 Å². The molecular weight excluding hydrogens is 320 g/mol. The summed E-state index contributed by atoms with van der Waals surface area (Å²) in [5.74, 6) is 0.942. The van der Waals surface area contributed by atoms with Crippen molar-refractivity contribution in [3.05, 3.63) is 29.8 Å². The van der Waals surface area contributed by atoms with Crippen molar-refractivity contribution in [2.75, 3.05) is 20.1 Å². The zero-order valence-electron chi connectivity index (χ0n) is 14.9. The van der Waals surface area contributed by atoms with Gasteiger partial charge in [-0.3, -0.25) is 0 Å². The Morgan fingerprint density at radius 3 is 2.33 bits per heavy atom. The average molecular weight is 351 g/mol. The first kappa shape index (κ1) is 17.9. The Morgan fingerprint density at radius 2 is 1.71 bits per heavy atom. The number of nitrogens with zero attached hydrogens (tertiary/aromatic N) is 1. The van der Waals surface area contributed by atoms with Crippen LogP contribution in [0.15, 0.2) is 29.2 Å². The van der Waals surface area contributed by atoms with Gasteiger partial charge in [0, 0.05) is 12.6 Å². The molecule has 1 saturated heterocycles. The van der Waals surface area contributed by atoms with E-state index in [0.717, 1.165) is 19.5 Å². The van der Waals surface area contributed by atoms with Crippen molar-refractivity contribution in [2.24, 2.45) is 5.92 Å². The monoisotopic (exact) mass is 350 g/mol. The molecule has 4 nitrogen and oxygen atoms in total. The first-order valence-electron chi connectivity index (χ1n) is 9.26. The lowest BCUT2D eigenvalue weighted by molar-refractivity contribution is 0.188. The minimum atomic E-state index is -3.43. The van der Waals surface area contributed by atoms with Crippen molar-refractivity contribution in [1.82, 2.24) is 9.62 Å². The second kappa shape index (κ2) is 7.54. The van der Waals surface area contributed by atoms with E-state index in [1.807, 2.05) is 12.1 Å². The van der Waals surface area contributed by atoms with Crippen molar-refractivity contribution in [3.63, 3.8) is 0 Å². The van der Waals surface area contributed by atoms with Gasteiger partial charge in [0.15, 0.2) is 0 Å². The molecule has 1 heterocycles. The molecule has 1 saturated carbocycles. The first-order chi connectivity index (χ1) is 11.5. The van der Waals surface area contributed by atoms with Gasteiger partial charge in [-0.05, 0) is 62.4 Å². The predicted octanol–water partition coefficient (Wildman–Crippen LogP) is 3.35. The van der Waals surface area contributed by atoms with E-state index in [9.17, 15) is 8.42 Å². The van der Waals surface area contributed by atoms with Gasteiger partial charge in [0.25, 0.3) is 0 Å². The van der Waals surface area contributed by atoms with E-state index >= 15 is 0 Å². The summed E-state index contributed by atoms with van der Waals surface area (Å²) in [5.41, 5.74) is 1.29. The van der Waals surface area contributed by atoms with Crippen molar-refractivity contribution in [1.29, 1.82) is 0 Å². The fraction of sp³-hybridized carbons (Fsp3) is 0.684. The van der Waals surface area contributed by atoms with Gasteiger partial charge in [-0.25, -0.2) is 13.1 Å². The van der Waals surface area contributed by atoms with E-state index in [1.165, 1.54) is 37.7 Å². The Morgan fingerprint density at radius 1 is 1.04 bits per heavy atom. The van der Waals surface area contributed by atoms with Crippen LogP contribution in [0.1, 0.15) is 56.9 Å². The quantitative estimate of drug-likeness (QED) is 0.906. The summed E-state index contributed by atoms with van der Waals surface area (Å²) < 4.78 is 28.3. The number of hydrogen-bond acceptors (Lipinski definition) is 3. The lowest BCUT2D eigenvalue weighted by Gasteiger charge is -2.34. The molecule has 0 radical (unpaired) electrons. The Hall–Kier alpha value is -0.910. The average Bonchev–Trinajstić information content (AvgIpc) is 2.58. The van der Waals surface area contributed by atoms with Crippen LogP contribution < -0.4 is 4.72 Å². The molecule has 5 heteroatoms. The van der Waals surface area contributed by atoms with Crippen molar-refractivity contribution in [2.45, 2.75) is 62.3 Å². The van der Waals surface area contributed by atoms with Crippen LogP contribution in [0.3, 0.4) is 0 Å². The van der Waals surface area contributed by atoms with E-state index in [4.69, 9.17) is 0 Å². The van der Waals surface area contributed by atoms with E-state index < -0.39 is 10.0 Å². The van der Waals surface area contributed by atoms with Crippen LogP contribution in [-0.4, -0.2) is 39.5 Å². The third-order valence-corrected chi connectivity index (χ3v) is 7.19. The van der Waals surface area contributed by atoms with Gasteiger partial charge in [0.1, 0.15) is 0 Å². The largest absolute Gasteiger partial charge is 0.306 e. The SMILES string of the molecule is CC1CN(C)CCC1NS(=O)(=O)c1ccc(C2CCCCC2)cc1. The molecule has 2 unspecified atom stereocenters. The maximum absolute atomic E-state index is 12.7. The molecule has 2 aliphatic rings. The lowest BCUT2D eigenvalue weighted by Crippen LogP contribution is -2.48. The molecule has 1 aromatic rings. The van der Waals surface area contributed by atoms with E-state index in [2.05, 4.69) is 23.6 Å². The molecule has 0 amide bonds. The highest BCUT2D eigenvalue weighted by molar-refractivity contribution is 7.89. The molecule has 0 spiro atoms. The zero-order valence-corrected chi connectivity index (χ0v) is 15.7. The van der Waals surface area contributed by atoms with Gasteiger partial charge in [0.05, 0.1) is 4.90 Å². The lowest BCUT2D eigenvalue weighted by atomic mass is 9.84. The minimum absolute atomic E-state index is 0.0317. The molecule has 0 aromatic heterocycles. The van der Waals surface area contributed by atoms with Gasteiger partial charge >= 0.3 is 0 Å². The van der Waals surface area contributed by atoms with E-state index in [1.54, 1.807) is 12.1 Å². The molecule has 1 aliphatic carbocycles. The van der Waals surface area contributed by atoms with Gasteiger partial charge in [0.2, 0.25) is 10.0 Å². The number of sulfonamides is 1. The maximum atomic E-state index is 12.7. The molecular formula is C19H30N2O2S. The summed E-state index contributed by atoms with van der Waals surface area (Å²) >= 11 is 0. The normalized spacial score (nSPS) is 27.2. The number of likely N-dealkylation sites (tertiary alicyclic amines) is 1. The Kier molecular flexibility index (Phi) is 5.63. The fourth-order valence-corrected chi connectivity index (χ4v) is 5.53. The topological polar surface area (TPSA) is 49.4 Å². The van der Waals surface area contributed by atoms with Crippen molar-refractivity contribution < 1.29 is 8.42 Å². The van der Waals surface area contributed by atoms with E-state index in [-0.39, 0.29) is 6.04 Å². The molecule has 0 bridgehead atoms. The Labute approximate surface area is 146 Å². The second-order valence-corrected chi connectivity index (χ2v) is 9.37. The molecule has 134 valence electrons. The summed E-state index contributed by atoms with van der Waals surface area (Å²) in [6.07, 6.45) is 7.26. The summed E-state index contributed by atoms with van der Waals surface area (Å²) in [6.45, 7) is 4.00. The smallest absolute Gasteiger partial charge is 0.240 e. The van der Waals surface area contributed by atoms with Crippen LogP contribution in [0.2, 0.25) is 0 Å². The Bertz CT molecular complexity index is 636. The number of benzene rings is 1. The van der Waals surface area contributed by atoms with Crippen LogP contribution in [0, 0.1) is 5.92 Å². The van der Waals surface area contributed by atoms with Gasteiger partial charge in [-0.1, -0.05) is 38.3 Å². The van der Waals surface area contributed by atoms with Crippen LogP contribution in [0.25, 0.3) is 0 Å². The highest BCUT2D eigenvalue weighted by Gasteiger charge is 2.28. The van der Waals surface area contributed by atoms with Crippen molar-refractivity contribution >= 4 is 10.0 Å². The van der Waals surface area contributed by atoms with Crippen LogP contribution >= 0.6 is 0 Å². The summed E-state index contributed by atoms with van der Waals surface area (Å²) in [5, 5.41) is 0. The van der Waals surface area contributed by atoms with Gasteiger partial charge in [-0.2, -0.15) is 0 Å². The third-order valence-electron chi connectivity index (χ3n) is 5.68. The van der Waals surface area contributed by atoms with Gasteiger partial charge < -0.3 is 4.90 Å².